The first kappa shape index (κ1) is 24.2. The highest BCUT2D eigenvalue weighted by molar-refractivity contribution is 5.97. The third-order valence-electron chi connectivity index (χ3n) is 6.45. The fraction of sp³-hybridized carbons (Fsp3) is 0.545. The number of hydrogen-bond donors (Lipinski definition) is 4. The van der Waals surface area contributed by atoms with Crippen LogP contribution in [0.15, 0.2) is 42.1 Å². The summed E-state index contributed by atoms with van der Waals surface area (Å²) in [4.78, 5) is 25.1. The predicted octanol–water partition coefficient (Wildman–Crippen LogP) is 2.14. The molecule has 1 aromatic rings. The topological polar surface area (TPSA) is 113 Å². The number of nitrogens with zero attached hydrogens (tertiary/aromatic N) is 1. The van der Waals surface area contributed by atoms with Crippen LogP contribution in [-0.4, -0.2) is 35.5 Å². The molecule has 1 aliphatic carbocycles. The van der Waals surface area contributed by atoms with E-state index in [-0.39, 0.29) is 24.4 Å². The summed E-state index contributed by atoms with van der Waals surface area (Å²) < 4.78 is 0. The van der Waals surface area contributed by atoms with Crippen molar-refractivity contribution < 1.29 is 9.59 Å². The number of carbonyl (C=O) groups is 2. The second-order valence-corrected chi connectivity index (χ2v) is 8.31. The number of benzene rings is 1. The maximum absolute atomic E-state index is 12.8. The first-order chi connectivity index (χ1) is 13.9. The van der Waals surface area contributed by atoms with Gasteiger partial charge >= 0.3 is 0 Å². The molecule has 0 spiro atoms. The van der Waals surface area contributed by atoms with Gasteiger partial charge in [0.15, 0.2) is 0 Å². The first-order valence-electron chi connectivity index (χ1n) is 10.5. The number of primary amides is 1. The zero-order valence-corrected chi connectivity index (χ0v) is 18.6. The van der Waals surface area contributed by atoms with E-state index in [4.69, 9.17) is 11.5 Å². The molecule has 30 heavy (non-hydrogen) atoms. The predicted molar refractivity (Wildman–Crippen MR) is 120 cm³/mol. The zero-order chi connectivity index (χ0) is 21.0. The molecule has 2 aliphatic rings. The Labute approximate surface area is 185 Å². The van der Waals surface area contributed by atoms with Gasteiger partial charge in [-0.3, -0.25) is 9.59 Å². The summed E-state index contributed by atoms with van der Waals surface area (Å²) in [6.45, 7) is 2.01. The molecule has 166 valence electrons. The van der Waals surface area contributed by atoms with Crippen LogP contribution in [-0.2, 0) is 9.59 Å². The van der Waals surface area contributed by atoms with Gasteiger partial charge < -0.3 is 22.2 Å². The minimum atomic E-state index is -1.06. The smallest absolute Gasteiger partial charge is 0.268 e. The Morgan fingerprint density at radius 2 is 1.87 bits per heavy atom. The van der Waals surface area contributed by atoms with E-state index in [1.54, 1.807) is 13.1 Å². The van der Waals surface area contributed by atoms with E-state index in [1.807, 2.05) is 42.3 Å². The first-order valence-corrected chi connectivity index (χ1v) is 10.5. The van der Waals surface area contributed by atoms with Crippen molar-refractivity contribution in [2.24, 2.45) is 17.4 Å². The van der Waals surface area contributed by atoms with E-state index in [1.165, 1.54) is 0 Å². The molecule has 1 aliphatic heterocycles. The second kappa shape index (κ2) is 10.3. The van der Waals surface area contributed by atoms with Crippen LogP contribution in [0.3, 0.4) is 0 Å². The normalized spacial score (nSPS) is 27.4. The molecule has 0 aromatic heterocycles. The van der Waals surface area contributed by atoms with Crippen molar-refractivity contribution in [3.8, 4) is 0 Å². The van der Waals surface area contributed by atoms with Gasteiger partial charge in [0.25, 0.3) is 5.91 Å². The molecule has 1 saturated carbocycles. The molecular formula is C22H34ClN5O2. The van der Waals surface area contributed by atoms with Crippen LogP contribution in [0.1, 0.15) is 57.1 Å². The van der Waals surface area contributed by atoms with Crippen LogP contribution in [0, 0.1) is 5.92 Å². The highest BCUT2D eigenvalue weighted by atomic mass is 35.5. The lowest BCUT2D eigenvalue weighted by Gasteiger charge is -2.40. The van der Waals surface area contributed by atoms with Crippen LogP contribution in [0.5, 0.6) is 0 Å². The maximum Gasteiger partial charge on any atom is 0.268 e. The lowest BCUT2D eigenvalue weighted by molar-refractivity contribution is -0.130. The summed E-state index contributed by atoms with van der Waals surface area (Å²) >= 11 is 0. The van der Waals surface area contributed by atoms with Crippen molar-refractivity contribution in [2.45, 2.75) is 63.1 Å². The molecule has 1 aromatic carbocycles. The van der Waals surface area contributed by atoms with Crippen molar-refractivity contribution >= 4 is 24.2 Å². The number of hydrazine groups is 1. The van der Waals surface area contributed by atoms with Crippen molar-refractivity contribution in [3.63, 3.8) is 0 Å². The standard InChI is InChI=1S/C22H33N5O2.ClH/c1-15(17-6-4-3-5-7-17)27-22(21(24)29,14-19(26-27)20(28)25-2)13-12-16-8-10-18(23)11-9-16;/h3-7,14-16,18,26H,8-13,23H2,1-2H3,(H2,24,29)(H,25,28);1H/t15-,16?,18?,22?;/m0./s1. The average Bonchev–Trinajstić information content (AvgIpc) is 3.14. The highest BCUT2D eigenvalue weighted by Gasteiger charge is 2.49. The van der Waals surface area contributed by atoms with Gasteiger partial charge in [0.05, 0.1) is 6.04 Å². The van der Waals surface area contributed by atoms with Gasteiger partial charge in [0.2, 0.25) is 5.91 Å². The van der Waals surface area contributed by atoms with Gasteiger partial charge in [-0.15, -0.1) is 12.4 Å². The number of likely N-dealkylation sites (N-methyl/N-ethyl adjacent to an activating group) is 1. The summed E-state index contributed by atoms with van der Waals surface area (Å²) in [5.41, 5.74) is 15.5. The molecule has 0 bridgehead atoms. The molecule has 3 rings (SSSR count). The SMILES string of the molecule is CNC(=O)C1=CC(CCC2CCC(N)CC2)(C(N)=O)N([C@@H](C)c2ccccc2)N1.Cl. The molecule has 2 amide bonds. The molecule has 1 heterocycles. The number of halogens is 1. The second-order valence-electron chi connectivity index (χ2n) is 8.31. The third kappa shape index (κ3) is 4.96. The number of nitrogens with one attached hydrogen (secondary N) is 2. The number of hydrogen-bond acceptors (Lipinski definition) is 5. The minimum Gasteiger partial charge on any atom is -0.368 e. The van der Waals surface area contributed by atoms with Crippen LogP contribution in [0.2, 0.25) is 0 Å². The minimum absolute atomic E-state index is 0. The van der Waals surface area contributed by atoms with E-state index in [2.05, 4.69) is 10.7 Å². The molecule has 2 atom stereocenters. The molecule has 0 radical (unpaired) electrons. The molecule has 1 fully saturated rings. The van der Waals surface area contributed by atoms with Gasteiger partial charge in [-0.1, -0.05) is 30.3 Å². The average molecular weight is 436 g/mol. The number of amides is 2. The van der Waals surface area contributed by atoms with E-state index in [0.29, 0.717) is 24.1 Å². The van der Waals surface area contributed by atoms with Gasteiger partial charge in [-0.25, -0.2) is 0 Å². The maximum atomic E-state index is 12.8. The summed E-state index contributed by atoms with van der Waals surface area (Å²) in [5.74, 6) is -0.182. The molecule has 1 unspecified atom stereocenters. The van der Waals surface area contributed by atoms with Crippen LogP contribution in [0.4, 0.5) is 0 Å². The fourth-order valence-electron chi connectivity index (χ4n) is 4.55. The monoisotopic (exact) mass is 435 g/mol. The fourth-order valence-corrected chi connectivity index (χ4v) is 4.55. The lowest BCUT2D eigenvalue weighted by Crippen LogP contribution is -2.58. The Hall–Kier alpha value is -2.09. The number of nitrogens with two attached hydrogens (primary N) is 2. The molecule has 8 heteroatoms. The third-order valence-corrected chi connectivity index (χ3v) is 6.45. The Bertz CT molecular complexity index is 764. The summed E-state index contributed by atoms with van der Waals surface area (Å²) in [5, 5.41) is 4.48. The van der Waals surface area contributed by atoms with E-state index >= 15 is 0 Å². The molecule has 6 N–H and O–H groups in total. The van der Waals surface area contributed by atoms with Gasteiger partial charge in [0, 0.05) is 13.1 Å². The Morgan fingerprint density at radius 1 is 1.23 bits per heavy atom. The van der Waals surface area contributed by atoms with Gasteiger partial charge in [0.1, 0.15) is 11.2 Å². The van der Waals surface area contributed by atoms with Gasteiger partial charge in [-0.05, 0) is 63.0 Å². The van der Waals surface area contributed by atoms with Crippen LogP contribution < -0.4 is 22.2 Å². The number of rotatable bonds is 7. The van der Waals surface area contributed by atoms with Gasteiger partial charge in [-0.2, -0.15) is 5.01 Å². The van der Waals surface area contributed by atoms with E-state index in [9.17, 15) is 9.59 Å². The summed E-state index contributed by atoms with van der Waals surface area (Å²) in [7, 11) is 1.57. The Balaban J connectivity index is 0.00000320. The Morgan fingerprint density at radius 3 is 2.43 bits per heavy atom. The van der Waals surface area contributed by atoms with Crippen molar-refractivity contribution in [3.05, 3.63) is 47.7 Å². The van der Waals surface area contributed by atoms with Crippen molar-refractivity contribution in [1.82, 2.24) is 15.8 Å². The quantitative estimate of drug-likeness (QED) is 0.524. The van der Waals surface area contributed by atoms with E-state index < -0.39 is 11.4 Å². The van der Waals surface area contributed by atoms with E-state index in [0.717, 1.165) is 37.7 Å². The number of carbonyl (C=O) groups excluding carboxylic acids is 2. The van der Waals surface area contributed by atoms with Crippen LogP contribution >= 0.6 is 12.4 Å². The summed E-state index contributed by atoms with van der Waals surface area (Å²) in [6, 6.07) is 10.0. The largest absolute Gasteiger partial charge is 0.368 e. The Kier molecular flexibility index (Phi) is 8.29. The zero-order valence-electron chi connectivity index (χ0n) is 17.8. The summed E-state index contributed by atoms with van der Waals surface area (Å²) in [6.07, 6.45) is 7.33. The van der Waals surface area contributed by atoms with Crippen LogP contribution in [0.25, 0.3) is 0 Å². The van der Waals surface area contributed by atoms with Crippen molar-refractivity contribution in [1.29, 1.82) is 0 Å². The molecule has 7 nitrogen and oxygen atoms in total. The molecule has 0 saturated heterocycles. The van der Waals surface area contributed by atoms with Crippen molar-refractivity contribution in [2.75, 3.05) is 7.05 Å². The molecular weight excluding hydrogens is 402 g/mol. The highest BCUT2D eigenvalue weighted by Crippen LogP contribution is 2.38. The lowest BCUT2D eigenvalue weighted by atomic mass is 9.79.